The Kier molecular flexibility index (Phi) is 6.65. The third kappa shape index (κ3) is 4.70. The highest BCUT2D eigenvalue weighted by Crippen LogP contribution is 2.33. The number of amides is 1. The fourth-order valence-corrected chi connectivity index (χ4v) is 3.94. The SMILES string of the molecule is CCCC[C@@H](c1nc(-c2ccc(C(=O)Nc3ccccn3)cc2)c2c(N)nccn12)N(C)C. The maximum absolute atomic E-state index is 12.6. The molecule has 0 aliphatic heterocycles. The number of nitrogen functional groups attached to an aromatic ring is 1. The molecule has 0 unspecified atom stereocenters. The second-order valence-electron chi connectivity index (χ2n) is 8.22. The molecule has 3 aromatic heterocycles. The zero-order valence-electron chi connectivity index (χ0n) is 19.2. The number of fused-ring (bicyclic) bond motifs is 1. The van der Waals surface area contributed by atoms with Crippen LogP contribution in [-0.4, -0.2) is 44.3 Å². The van der Waals surface area contributed by atoms with Crippen molar-refractivity contribution in [3.63, 3.8) is 0 Å². The molecular weight excluding hydrogens is 414 g/mol. The van der Waals surface area contributed by atoms with E-state index in [1.54, 1.807) is 36.7 Å². The molecule has 0 saturated heterocycles. The quantitative estimate of drug-likeness (QED) is 0.418. The third-order valence-corrected chi connectivity index (χ3v) is 5.69. The fourth-order valence-electron chi connectivity index (χ4n) is 3.94. The smallest absolute Gasteiger partial charge is 0.256 e. The predicted octanol–water partition coefficient (Wildman–Crippen LogP) is 4.42. The summed E-state index contributed by atoms with van der Waals surface area (Å²) in [4.78, 5) is 28.2. The van der Waals surface area contributed by atoms with Gasteiger partial charge in [-0.1, -0.05) is 38.0 Å². The monoisotopic (exact) mass is 443 g/mol. The largest absolute Gasteiger partial charge is 0.382 e. The van der Waals surface area contributed by atoms with Gasteiger partial charge in [-0.05, 0) is 44.8 Å². The fraction of sp³-hybridized carbons (Fsp3) is 0.280. The van der Waals surface area contributed by atoms with Crippen molar-refractivity contribution in [1.29, 1.82) is 0 Å². The number of pyridine rings is 1. The first kappa shape index (κ1) is 22.4. The molecule has 3 heterocycles. The normalized spacial score (nSPS) is 12.2. The number of benzene rings is 1. The molecule has 33 heavy (non-hydrogen) atoms. The lowest BCUT2D eigenvalue weighted by atomic mass is 10.1. The predicted molar refractivity (Wildman–Crippen MR) is 131 cm³/mol. The van der Waals surface area contributed by atoms with Crippen LogP contribution in [0.3, 0.4) is 0 Å². The van der Waals surface area contributed by atoms with Gasteiger partial charge in [0.05, 0.1) is 6.04 Å². The van der Waals surface area contributed by atoms with Gasteiger partial charge in [-0.3, -0.25) is 14.1 Å². The van der Waals surface area contributed by atoms with Crippen molar-refractivity contribution >= 4 is 23.1 Å². The Balaban J connectivity index is 1.70. The van der Waals surface area contributed by atoms with E-state index in [4.69, 9.17) is 10.7 Å². The van der Waals surface area contributed by atoms with Gasteiger partial charge in [0, 0.05) is 29.7 Å². The van der Waals surface area contributed by atoms with Gasteiger partial charge in [0.2, 0.25) is 0 Å². The van der Waals surface area contributed by atoms with Crippen molar-refractivity contribution in [2.75, 3.05) is 25.1 Å². The number of aromatic nitrogens is 4. The maximum Gasteiger partial charge on any atom is 0.256 e. The van der Waals surface area contributed by atoms with E-state index in [1.807, 2.05) is 28.8 Å². The Morgan fingerprint density at radius 2 is 1.91 bits per heavy atom. The molecule has 8 nitrogen and oxygen atoms in total. The van der Waals surface area contributed by atoms with E-state index < -0.39 is 0 Å². The Hall–Kier alpha value is -3.78. The van der Waals surface area contributed by atoms with Gasteiger partial charge in [-0.15, -0.1) is 0 Å². The van der Waals surface area contributed by atoms with Crippen molar-refractivity contribution in [3.05, 3.63) is 72.4 Å². The van der Waals surface area contributed by atoms with E-state index in [0.29, 0.717) is 17.2 Å². The Morgan fingerprint density at radius 3 is 2.58 bits per heavy atom. The molecule has 0 spiro atoms. The summed E-state index contributed by atoms with van der Waals surface area (Å²) in [6.07, 6.45) is 8.47. The minimum absolute atomic E-state index is 0.149. The Bertz CT molecular complexity index is 1230. The lowest BCUT2D eigenvalue weighted by molar-refractivity contribution is 0.102. The first-order valence-corrected chi connectivity index (χ1v) is 11.1. The van der Waals surface area contributed by atoms with Gasteiger partial charge in [0.15, 0.2) is 0 Å². The third-order valence-electron chi connectivity index (χ3n) is 5.69. The van der Waals surface area contributed by atoms with Gasteiger partial charge in [0.1, 0.15) is 28.7 Å². The van der Waals surface area contributed by atoms with Crippen LogP contribution in [0.25, 0.3) is 16.8 Å². The summed E-state index contributed by atoms with van der Waals surface area (Å²) < 4.78 is 2.04. The molecule has 8 heteroatoms. The van der Waals surface area contributed by atoms with E-state index in [2.05, 4.69) is 41.2 Å². The van der Waals surface area contributed by atoms with Crippen molar-refractivity contribution in [3.8, 4) is 11.3 Å². The van der Waals surface area contributed by atoms with Crippen LogP contribution in [0.1, 0.15) is 48.4 Å². The molecule has 0 fully saturated rings. The van der Waals surface area contributed by atoms with Crippen LogP contribution in [-0.2, 0) is 0 Å². The number of imidazole rings is 1. The molecule has 0 aliphatic rings. The molecule has 0 aliphatic carbocycles. The molecule has 1 atom stereocenters. The number of carbonyl (C=O) groups excluding carboxylic acids is 1. The lowest BCUT2D eigenvalue weighted by Crippen LogP contribution is -2.22. The standard InChI is InChI=1S/C25H29N7O/c1-4-5-8-19(31(2)3)24-30-21(22-23(26)28-15-16-32(22)24)17-10-12-18(13-11-17)25(33)29-20-9-6-7-14-27-20/h6-7,9-16,19H,4-5,8H2,1-3H3,(H2,26,28)(H,27,29,33)/t19-/m0/s1. The van der Waals surface area contributed by atoms with Crippen molar-refractivity contribution in [1.82, 2.24) is 24.3 Å². The average Bonchev–Trinajstić information content (AvgIpc) is 3.20. The molecule has 4 rings (SSSR count). The van der Waals surface area contributed by atoms with Crippen LogP contribution in [0.5, 0.6) is 0 Å². The summed E-state index contributed by atoms with van der Waals surface area (Å²) in [5.41, 5.74) is 9.24. The maximum atomic E-state index is 12.6. The number of nitrogens with zero attached hydrogens (tertiary/aromatic N) is 5. The number of hydrogen-bond acceptors (Lipinski definition) is 6. The number of hydrogen-bond donors (Lipinski definition) is 2. The second-order valence-corrected chi connectivity index (χ2v) is 8.22. The first-order valence-electron chi connectivity index (χ1n) is 11.1. The van der Waals surface area contributed by atoms with Crippen LogP contribution in [0, 0.1) is 0 Å². The molecule has 0 radical (unpaired) electrons. The minimum Gasteiger partial charge on any atom is -0.382 e. The van der Waals surface area contributed by atoms with Crippen LogP contribution in [0.4, 0.5) is 11.6 Å². The summed E-state index contributed by atoms with van der Waals surface area (Å²) in [5, 5.41) is 2.80. The number of carbonyl (C=O) groups is 1. The molecule has 4 aromatic rings. The van der Waals surface area contributed by atoms with E-state index in [-0.39, 0.29) is 11.9 Å². The Labute approximate surface area is 193 Å². The zero-order chi connectivity index (χ0) is 23.4. The molecule has 1 aromatic carbocycles. The second kappa shape index (κ2) is 9.79. The average molecular weight is 444 g/mol. The molecular formula is C25H29N7O. The van der Waals surface area contributed by atoms with Gasteiger partial charge in [0.25, 0.3) is 5.91 Å². The number of nitrogens with one attached hydrogen (secondary N) is 1. The number of unbranched alkanes of at least 4 members (excludes halogenated alkanes) is 1. The lowest BCUT2D eigenvalue weighted by Gasteiger charge is -2.23. The summed E-state index contributed by atoms with van der Waals surface area (Å²) in [6.45, 7) is 2.19. The summed E-state index contributed by atoms with van der Waals surface area (Å²) in [7, 11) is 4.14. The van der Waals surface area contributed by atoms with E-state index >= 15 is 0 Å². The molecule has 3 N–H and O–H groups in total. The highest BCUT2D eigenvalue weighted by Gasteiger charge is 2.23. The zero-order valence-corrected chi connectivity index (χ0v) is 19.2. The number of nitrogens with two attached hydrogens (primary N) is 1. The first-order chi connectivity index (χ1) is 16.0. The molecule has 0 bridgehead atoms. The van der Waals surface area contributed by atoms with Crippen molar-refractivity contribution in [2.45, 2.75) is 32.2 Å². The summed E-state index contributed by atoms with van der Waals surface area (Å²) >= 11 is 0. The van der Waals surface area contributed by atoms with Crippen molar-refractivity contribution in [2.24, 2.45) is 0 Å². The van der Waals surface area contributed by atoms with Gasteiger partial charge >= 0.3 is 0 Å². The molecule has 170 valence electrons. The number of anilines is 2. The summed E-state index contributed by atoms with van der Waals surface area (Å²) in [6, 6.07) is 12.9. The van der Waals surface area contributed by atoms with E-state index in [0.717, 1.165) is 41.9 Å². The minimum atomic E-state index is -0.218. The van der Waals surface area contributed by atoms with E-state index in [1.165, 1.54) is 0 Å². The van der Waals surface area contributed by atoms with Crippen LogP contribution >= 0.6 is 0 Å². The van der Waals surface area contributed by atoms with Gasteiger partial charge < -0.3 is 11.1 Å². The molecule has 0 saturated carbocycles. The highest BCUT2D eigenvalue weighted by molar-refractivity contribution is 6.04. The van der Waals surface area contributed by atoms with Gasteiger partial charge in [-0.25, -0.2) is 15.0 Å². The molecule has 1 amide bonds. The summed E-state index contributed by atoms with van der Waals surface area (Å²) in [5.74, 6) is 1.65. The van der Waals surface area contributed by atoms with Crippen LogP contribution in [0.2, 0.25) is 0 Å². The van der Waals surface area contributed by atoms with Gasteiger partial charge in [-0.2, -0.15) is 0 Å². The van der Waals surface area contributed by atoms with Crippen molar-refractivity contribution < 1.29 is 4.79 Å². The van der Waals surface area contributed by atoms with Crippen LogP contribution < -0.4 is 11.1 Å². The topological polar surface area (TPSA) is 101 Å². The Morgan fingerprint density at radius 1 is 1.12 bits per heavy atom. The van der Waals surface area contributed by atoms with E-state index in [9.17, 15) is 4.79 Å². The number of rotatable bonds is 8. The van der Waals surface area contributed by atoms with Crippen LogP contribution in [0.15, 0.2) is 61.1 Å². The highest BCUT2D eigenvalue weighted by atomic mass is 16.1.